The van der Waals surface area contributed by atoms with Gasteiger partial charge in [-0.15, -0.1) is 0 Å². The predicted molar refractivity (Wildman–Crippen MR) is 210 cm³/mol. The van der Waals surface area contributed by atoms with Crippen molar-refractivity contribution >= 4 is 10.1 Å². The number of hydrogen-bond acceptors (Lipinski definition) is 6. The van der Waals surface area contributed by atoms with Gasteiger partial charge in [0.2, 0.25) is 0 Å². The fraction of sp³-hybridized carbons (Fsp3) is 0.545. The van der Waals surface area contributed by atoms with Gasteiger partial charge in [-0.3, -0.25) is 4.18 Å². The Kier molecular flexibility index (Phi) is 22.5. The maximum Gasteiger partial charge on any atom is 0.264 e. The molecule has 7 heteroatoms. The summed E-state index contributed by atoms with van der Waals surface area (Å²) in [6.07, 6.45) is 22.5. The molecule has 3 rings (SSSR count). The van der Waals surface area contributed by atoms with Crippen molar-refractivity contribution in [2.75, 3.05) is 12.9 Å². The second-order valence-electron chi connectivity index (χ2n) is 13.7. The molecule has 0 N–H and O–H groups in total. The van der Waals surface area contributed by atoms with Gasteiger partial charge in [0.15, 0.2) is 0 Å². The molecule has 51 heavy (non-hydrogen) atoms. The molecule has 6 nitrogen and oxygen atoms in total. The first-order chi connectivity index (χ1) is 24.9. The molecule has 0 saturated heterocycles. The molecule has 3 atom stereocenters. The lowest BCUT2D eigenvalue weighted by molar-refractivity contribution is -0.124. The lowest BCUT2D eigenvalue weighted by atomic mass is 10.0. The molecule has 0 aliphatic rings. The largest absolute Gasteiger partial charge is 0.374 e. The molecular formula is C44H64O6S. The monoisotopic (exact) mass is 720 g/mol. The number of hydrogen-bond donors (Lipinski definition) is 0. The average Bonchev–Trinajstić information content (AvgIpc) is 3.14. The van der Waals surface area contributed by atoms with E-state index >= 15 is 0 Å². The van der Waals surface area contributed by atoms with Gasteiger partial charge >= 0.3 is 0 Å². The van der Waals surface area contributed by atoms with Gasteiger partial charge in [-0.1, -0.05) is 194 Å². The van der Waals surface area contributed by atoms with Crippen molar-refractivity contribution in [3.8, 4) is 0 Å². The van der Waals surface area contributed by atoms with Gasteiger partial charge in [-0.05, 0) is 29.5 Å². The van der Waals surface area contributed by atoms with E-state index in [1.807, 2.05) is 97.1 Å². The standard InChI is InChI=1S/C44H64O6S/c1-3-4-5-6-7-8-9-10-11-12-13-14-15-16-17-27-34-42(48-36-40-30-23-19-24-31-40)44(49-37-41-32-25-20-26-33-41)43(50-51(2,45)46)38-47-35-39-28-21-18-22-29-39/h18-34,42-44H,3-17,35-38H2,1-2H3/b34-27+/t42-,43-,44-/m1/s1. The van der Waals surface area contributed by atoms with Crippen molar-refractivity contribution in [1.29, 1.82) is 0 Å². The summed E-state index contributed by atoms with van der Waals surface area (Å²) in [6, 6.07) is 29.6. The smallest absolute Gasteiger partial charge is 0.264 e. The van der Waals surface area contributed by atoms with Gasteiger partial charge in [0.1, 0.15) is 18.3 Å². The zero-order chi connectivity index (χ0) is 36.2. The van der Waals surface area contributed by atoms with Gasteiger partial charge in [0.05, 0.1) is 32.7 Å². The van der Waals surface area contributed by atoms with Gasteiger partial charge < -0.3 is 14.2 Å². The van der Waals surface area contributed by atoms with Gasteiger partial charge in [0, 0.05) is 0 Å². The van der Waals surface area contributed by atoms with E-state index in [2.05, 4.69) is 13.0 Å². The maximum absolute atomic E-state index is 12.6. The summed E-state index contributed by atoms with van der Waals surface area (Å²) >= 11 is 0. The predicted octanol–water partition coefficient (Wildman–Crippen LogP) is 11.1. The summed E-state index contributed by atoms with van der Waals surface area (Å²) in [5.41, 5.74) is 2.98. The quantitative estimate of drug-likeness (QED) is 0.0388. The summed E-state index contributed by atoms with van der Waals surface area (Å²) in [6.45, 7) is 3.22. The first kappa shape index (κ1) is 42.6. The van der Waals surface area contributed by atoms with Crippen LogP contribution in [0.2, 0.25) is 0 Å². The van der Waals surface area contributed by atoms with E-state index in [9.17, 15) is 8.42 Å². The molecule has 0 spiro atoms. The summed E-state index contributed by atoms with van der Waals surface area (Å²) in [7, 11) is -3.84. The minimum absolute atomic E-state index is 0.0133. The minimum atomic E-state index is -3.84. The van der Waals surface area contributed by atoms with Crippen molar-refractivity contribution in [2.24, 2.45) is 0 Å². The van der Waals surface area contributed by atoms with Crippen LogP contribution < -0.4 is 0 Å². The number of benzene rings is 3. The molecule has 282 valence electrons. The minimum Gasteiger partial charge on any atom is -0.374 e. The van der Waals surface area contributed by atoms with Crippen molar-refractivity contribution in [3.05, 3.63) is 120 Å². The lowest BCUT2D eigenvalue weighted by Gasteiger charge is -2.31. The third-order valence-corrected chi connectivity index (χ3v) is 9.60. The first-order valence-electron chi connectivity index (χ1n) is 19.4. The summed E-state index contributed by atoms with van der Waals surface area (Å²) in [5, 5.41) is 0. The second kappa shape index (κ2) is 26.9. The molecule has 0 bridgehead atoms. The van der Waals surface area contributed by atoms with E-state index in [0.29, 0.717) is 13.2 Å². The molecule has 0 unspecified atom stereocenters. The Balaban J connectivity index is 1.61. The topological polar surface area (TPSA) is 71.1 Å². The summed E-state index contributed by atoms with van der Waals surface area (Å²) in [5.74, 6) is 0. The maximum atomic E-state index is 12.6. The zero-order valence-electron chi connectivity index (χ0n) is 31.3. The Bertz CT molecular complexity index is 1380. The Morgan fingerprint density at radius 3 is 1.47 bits per heavy atom. The highest BCUT2D eigenvalue weighted by Gasteiger charge is 2.34. The highest BCUT2D eigenvalue weighted by molar-refractivity contribution is 7.86. The SMILES string of the molecule is CCCCCCCCCCCCCCCC/C=C/[C@@H](OCc1ccccc1)[C@@H](OCc1ccccc1)[C@@H](COCc1ccccc1)OS(C)(=O)=O. The van der Waals surface area contributed by atoms with E-state index in [-0.39, 0.29) is 13.2 Å². The molecule has 0 aromatic heterocycles. The Morgan fingerprint density at radius 2 is 1.00 bits per heavy atom. The number of ether oxygens (including phenoxy) is 3. The van der Waals surface area contributed by atoms with Crippen LogP contribution in [0.1, 0.15) is 120 Å². The Morgan fingerprint density at radius 1 is 0.569 bits per heavy atom. The molecular weight excluding hydrogens is 657 g/mol. The van der Waals surface area contributed by atoms with E-state index < -0.39 is 28.4 Å². The van der Waals surface area contributed by atoms with Gasteiger partial charge in [-0.2, -0.15) is 8.42 Å². The fourth-order valence-electron chi connectivity index (χ4n) is 6.16. The molecule has 3 aromatic rings. The normalized spacial score (nSPS) is 13.8. The van der Waals surface area contributed by atoms with Crippen LogP contribution in [-0.2, 0) is 48.3 Å². The fourth-order valence-corrected chi connectivity index (χ4v) is 6.78. The highest BCUT2D eigenvalue weighted by Crippen LogP contribution is 2.21. The molecule has 0 fully saturated rings. The van der Waals surface area contributed by atoms with Crippen LogP contribution in [0.5, 0.6) is 0 Å². The van der Waals surface area contributed by atoms with E-state index in [1.54, 1.807) is 0 Å². The van der Waals surface area contributed by atoms with Crippen LogP contribution >= 0.6 is 0 Å². The average molecular weight is 721 g/mol. The molecule has 0 radical (unpaired) electrons. The third-order valence-electron chi connectivity index (χ3n) is 9.00. The van der Waals surface area contributed by atoms with E-state index in [1.165, 1.54) is 83.5 Å². The van der Waals surface area contributed by atoms with Crippen LogP contribution in [-0.4, -0.2) is 39.6 Å². The number of rotatable bonds is 30. The van der Waals surface area contributed by atoms with E-state index in [0.717, 1.165) is 35.8 Å². The number of unbranched alkanes of at least 4 members (excludes halogenated alkanes) is 14. The van der Waals surface area contributed by atoms with Crippen LogP contribution in [0.3, 0.4) is 0 Å². The molecule has 0 heterocycles. The van der Waals surface area contributed by atoms with Crippen LogP contribution in [0, 0.1) is 0 Å². The second-order valence-corrected chi connectivity index (χ2v) is 15.3. The van der Waals surface area contributed by atoms with Crippen LogP contribution in [0.25, 0.3) is 0 Å². The van der Waals surface area contributed by atoms with Crippen LogP contribution in [0.4, 0.5) is 0 Å². The van der Waals surface area contributed by atoms with E-state index in [4.69, 9.17) is 18.4 Å². The van der Waals surface area contributed by atoms with Crippen molar-refractivity contribution < 1.29 is 26.8 Å². The Labute approximate surface area is 310 Å². The molecule has 0 amide bonds. The highest BCUT2D eigenvalue weighted by atomic mass is 32.2. The van der Waals surface area contributed by atoms with Crippen molar-refractivity contribution in [3.63, 3.8) is 0 Å². The van der Waals surface area contributed by atoms with Crippen LogP contribution in [0.15, 0.2) is 103 Å². The lowest BCUT2D eigenvalue weighted by Crippen LogP contribution is -2.45. The number of allylic oxidation sites excluding steroid dienone is 1. The van der Waals surface area contributed by atoms with Crippen molar-refractivity contribution in [1.82, 2.24) is 0 Å². The van der Waals surface area contributed by atoms with Gasteiger partial charge in [0.25, 0.3) is 10.1 Å². The molecule has 0 saturated carbocycles. The summed E-state index contributed by atoms with van der Waals surface area (Å²) in [4.78, 5) is 0. The Hall–Kier alpha value is -2.81. The van der Waals surface area contributed by atoms with Crippen molar-refractivity contribution in [2.45, 2.75) is 141 Å². The third kappa shape index (κ3) is 20.7. The summed E-state index contributed by atoms with van der Waals surface area (Å²) < 4.78 is 50.0. The molecule has 3 aromatic carbocycles. The van der Waals surface area contributed by atoms with Gasteiger partial charge in [-0.25, -0.2) is 0 Å². The molecule has 0 aliphatic heterocycles. The molecule has 0 aliphatic carbocycles. The first-order valence-corrected chi connectivity index (χ1v) is 21.2. The zero-order valence-corrected chi connectivity index (χ0v) is 32.2.